The van der Waals surface area contributed by atoms with Gasteiger partial charge in [0.15, 0.2) is 6.10 Å². The summed E-state index contributed by atoms with van der Waals surface area (Å²) in [5.74, 6) is -0.703. The third-order valence-corrected chi connectivity index (χ3v) is 4.14. The van der Waals surface area contributed by atoms with Crippen LogP contribution in [-0.4, -0.2) is 42.9 Å². The second-order valence-corrected chi connectivity index (χ2v) is 6.66. The highest BCUT2D eigenvalue weighted by Crippen LogP contribution is 2.32. The van der Waals surface area contributed by atoms with Gasteiger partial charge in [0, 0.05) is 0 Å². The summed E-state index contributed by atoms with van der Waals surface area (Å²) in [6.07, 6.45) is 2.08. The quantitative estimate of drug-likeness (QED) is 0.611. The molecule has 1 aliphatic heterocycles. The van der Waals surface area contributed by atoms with E-state index in [9.17, 15) is 9.59 Å². The Hall–Kier alpha value is -1.40. The van der Waals surface area contributed by atoms with Gasteiger partial charge in [0.25, 0.3) is 0 Å². The molecule has 4 atom stereocenters. The first-order chi connectivity index (χ1) is 10.9. The SMILES string of the molecule is C=C(C)CO[C@H]1CCC[C@H](N)C(=O)O[C@@H](C)[C@@H]1OC(=O)C1CC1. The molecule has 0 aromatic carbocycles. The maximum atomic E-state index is 12.1. The number of esters is 2. The second kappa shape index (κ2) is 7.93. The Balaban J connectivity index is 2.11. The molecule has 2 fully saturated rings. The summed E-state index contributed by atoms with van der Waals surface area (Å²) in [7, 11) is 0. The Morgan fingerprint density at radius 2 is 2.04 bits per heavy atom. The number of nitrogens with two attached hydrogens (primary N) is 1. The van der Waals surface area contributed by atoms with Gasteiger partial charge in [0.05, 0.1) is 18.6 Å². The van der Waals surface area contributed by atoms with Gasteiger partial charge in [0.1, 0.15) is 12.1 Å². The van der Waals surface area contributed by atoms with Gasteiger partial charge in [-0.1, -0.05) is 12.2 Å². The molecular weight excluding hydrogens is 298 g/mol. The standard InChI is InChI=1S/C17H27NO5/c1-10(2)9-21-14-6-4-5-13(18)17(20)22-11(3)15(14)23-16(19)12-7-8-12/h11-15H,1,4-9,18H2,2-3H3/t11-,13-,14-,15-/m0/s1. The Bertz CT molecular complexity index is 460. The molecule has 23 heavy (non-hydrogen) atoms. The van der Waals surface area contributed by atoms with E-state index in [2.05, 4.69) is 6.58 Å². The van der Waals surface area contributed by atoms with E-state index >= 15 is 0 Å². The smallest absolute Gasteiger partial charge is 0.323 e. The molecule has 0 spiro atoms. The van der Waals surface area contributed by atoms with Crippen LogP contribution >= 0.6 is 0 Å². The van der Waals surface area contributed by atoms with Crippen LogP contribution in [0.5, 0.6) is 0 Å². The molecule has 2 N–H and O–H groups in total. The topological polar surface area (TPSA) is 87.8 Å². The monoisotopic (exact) mass is 325 g/mol. The van der Waals surface area contributed by atoms with Crippen molar-refractivity contribution in [2.45, 2.75) is 70.3 Å². The highest BCUT2D eigenvalue weighted by Gasteiger charge is 2.39. The van der Waals surface area contributed by atoms with Crippen molar-refractivity contribution in [2.24, 2.45) is 11.7 Å². The molecular formula is C17H27NO5. The van der Waals surface area contributed by atoms with Gasteiger partial charge in [0.2, 0.25) is 0 Å². The molecule has 1 heterocycles. The lowest BCUT2D eigenvalue weighted by Gasteiger charge is -2.30. The van der Waals surface area contributed by atoms with Gasteiger partial charge in [-0.3, -0.25) is 9.59 Å². The predicted molar refractivity (Wildman–Crippen MR) is 84.5 cm³/mol. The van der Waals surface area contributed by atoms with E-state index < -0.39 is 24.2 Å². The zero-order valence-corrected chi connectivity index (χ0v) is 14.0. The van der Waals surface area contributed by atoms with Gasteiger partial charge in [-0.15, -0.1) is 0 Å². The third-order valence-electron chi connectivity index (χ3n) is 4.14. The molecule has 1 saturated carbocycles. The third kappa shape index (κ3) is 5.32. The molecule has 1 saturated heterocycles. The number of carbonyl (C=O) groups excluding carboxylic acids is 2. The van der Waals surface area contributed by atoms with Crippen LogP contribution in [0.2, 0.25) is 0 Å². The Morgan fingerprint density at radius 1 is 1.35 bits per heavy atom. The molecule has 0 radical (unpaired) electrons. The van der Waals surface area contributed by atoms with E-state index in [1.807, 2.05) is 6.92 Å². The summed E-state index contributed by atoms with van der Waals surface area (Å²) in [5, 5.41) is 0. The number of hydrogen-bond acceptors (Lipinski definition) is 6. The van der Waals surface area contributed by atoms with Crippen LogP contribution in [0.15, 0.2) is 12.2 Å². The highest BCUT2D eigenvalue weighted by atomic mass is 16.6. The molecule has 1 aliphatic carbocycles. The summed E-state index contributed by atoms with van der Waals surface area (Å²) in [6.45, 7) is 7.81. The van der Waals surface area contributed by atoms with Crippen molar-refractivity contribution in [3.05, 3.63) is 12.2 Å². The number of rotatable bonds is 5. The molecule has 6 nitrogen and oxygen atoms in total. The van der Waals surface area contributed by atoms with Gasteiger partial charge in [-0.05, 0) is 46.0 Å². The molecule has 6 heteroatoms. The fourth-order valence-corrected chi connectivity index (χ4v) is 2.61. The number of cyclic esters (lactones) is 1. The predicted octanol–water partition coefficient (Wildman–Crippen LogP) is 1.71. The lowest BCUT2D eigenvalue weighted by molar-refractivity contribution is -0.179. The van der Waals surface area contributed by atoms with Crippen LogP contribution < -0.4 is 5.73 Å². The first-order valence-electron chi connectivity index (χ1n) is 8.31. The zero-order valence-electron chi connectivity index (χ0n) is 14.0. The van der Waals surface area contributed by atoms with Crippen molar-refractivity contribution in [3.8, 4) is 0 Å². The molecule has 2 rings (SSSR count). The van der Waals surface area contributed by atoms with Crippen molar-refractivity contribution >= 4 is 11.9 Å². The van der Waals surface area contributed by atoms with Crippen molar-refractivity contribution < 1.29 is 23.8 Å². The van der Waals surface area contributed by atoms with E-state index in [1.165, 1.54) is 0 Å². The van der Waals surface area contributed by atoms with Gasteiger partial charge in [-0.2, -0.15) is 0 Å². The molecule has 0 amide bonds. The van der Waals surface area contributed by atoms with Crippen LogP contribution in [0.3, 0.4) is 0 Å². The number of hydrogen-bond donors (Lipinski definition) is 1. The number of carbonyl (C=O) groups is 2. The fraction of sp³-hybridized carbons (Fsp3) is 0.765. The fourth-order valence-electron chi connectivity index (χ4n) is 2.61. The van der Waals surface area contributed by atoms with Crippen molar-refractivity contribution in [1.82, 2.24) is 0 Å². The normalized spacial score (nSPS) is 32.2. The summed E-state index contributed by atoms with van der Waals surface area (Å²) in [4.78, 5) is 24.0. The van der Waals surface area contributed by atoms with Crippen LogP contribution in [0.25, 0.3) is 0 Å². The largest absolute Gasteiger partial charge is 0.457 e. The second-order valence-electron chi connectivity index (χ2n) is 6.66. The van der Waals surface area contributed by atoms with Gasteiger partial charge >= 0.3 is 11.9 Å². The minimum Gasteiger partial charge on any atom is -0.457 e. The summed E-state index contributed by atoms with van der Waals surface area (Å²) >= 11 is 0. The summed E-state index contributed by atoms with van der Waals surface area (Å²) in [6, 6.07) is -0.642. The van der Waals surface area contributed by atoms with Crippen LogP contribution in [0, 0.1) is 5.92 Å². The molecule has 0 unspecified atom stereocenters. The van der Waals surface area contributed by atoms with E-state index in [0.717, 1.165) is 18.4 Å². The molecule has 0 bridgehead atoms. The minimum atomic E-state index is -0.642. The Labute approximate surface area is 137 Å². The lowest BCUT2D eigenvalue weighted by atomic mass is 10.0. The van der Waals surface area contributed by atoms with E-state index in [-0.39, 0.29) is 18.0 Å². The number of ether oxygens (including phenoxy) is 3. The first-order valence-corrected chi connectivity index (χ1v) is 8.31. The van der Waals surface area contributed by atoms with Gasteiger partial charge < -0.3 is 19.9 Å². The summed E-state index contributed by atoms with van der Waals surface area (Å²) < 4.78 is 16.9. The minimum absolute atomic E-state index is 0.0189. The average Bonchev–Trinajstić information content (AvgIpc) is 3.31. The molecule has 0 aromatic heterocycles. The maximum absolute atomic E-state index is 12.1. The van der Waals surface area contributed by atoms with E-state index in [1.54, 1.807) is 6.92 Å². The molecule has 0 aromatic rings. The van der Waals surface area contributed by atoms with Crippen molar-refractivity contribution in [1.29, 1.82) is 0 Å². The van der Waals surface area contributed by atoms with Crippen molar-refractivity contribution in [2.75, 3.05) is 6.61 Å². The lowest BCUT2D eigenvalue weighted by Crippen LogP contribution is -2.44. The van der Waals surface area contributed by atoms with Gasteiger partial charge in [-0.25, -0.2) is 0 Å². The average molecular weight is 325 g/mol. The van der Waals surface area contributed by atoms with E-state index in [0.29, 0.717) is 25.9 Å². The van der Waals surface area contributed by atoms with Crippen LogP contribution in [-0.2, 0) is 23.8 Å². The Morgan fingerprint density at radius 3 is 2.65 bits per heavy atom. The van der Waals surface area contributed by atoms with Crippen LogP contribution in [0.1, 0.15) is 46.0 Å². The van der Waals surface area contributed by atoms with Crippen LogP contribution in [0.4, 0.5) is 0 Å². The zero-order chi connectivity index (χ0) is 17.0. The van der Waals surface area contributed by atoms with E-state index in [4.69, 9.17) is 19.9 Å². The Kier molecular flexibility index (Phi) is 6.18. The highest BCUT2D eigenvalue weighted by molar-refractivity contribution is 5.76. The first kappa shape index (κ1) is 17.9. The van der Waals surface area contributed by atoms with Crippen molar-refractivity contribution in [3.63, 3.8) is 0 Å². The molecule has 2 aliphatic rings. The maximum Gasteiger partial charge on any atom is 0.323 e. The molecule has 130 valence electrons. The summed E-state index contributed by atoms with van der Waals surface area (Å²) in [5.41, 5.74) is 6.70.